The molecule has 238 valence electrons. The smallest absolute Gasteiger partial charge is 0.338 e. The summed E-state index contributed by atoms with van der Waals surface area (Å²) in [7, 11) is 0. The molecule has 0 amide bonds. The fraction of sp³-hybridized carbons (Fsp3) is 0.156. The monoisotopic (exact) mass is 661 g/mol. The van der Waals surface area contributed by atoms with Crippen molar-refractivity contribution in [1.82, 2.24) is 14.5 Å². The van der Waals surface area contributed by atoms with Crippen LogP contribution in [0.4, 0.5) is 11.8 Å². The first-order valence-corrected chi connectivity index (χ1v) is 15.3. The minimum absolute atomic E-state index is 0.0927. The van der Waals surface area contributed by atoms with Gasteiger partial charge in [-0.15, -0.1) is 11.8 Å². The average molecular weight is 662 g/mol. The van der Waals surface area contributed by atoms with Crippen molar-refractivity contribution in [2.75, 3.05) is 6.61 Å². The van der Waals surface area contributed by atoms with Crippen LogP contribution in [0.1, 0.15) is 36.4 Å². The molecule has 5 aromatic rings. The van der Waals surface area contributed by atoms with Crippen molar-refractivity contribution in [1.29, 1.82) is 0 Å². The van der Waals surface area contributed by atoms with Gasteiger partial charge in [-0.25, -0.2) is 24.4 Å². The number of fused-ring (bicyclic) bond motifs is 1. The number of azide groups is 2. The zero-order valence-corrected chi connectivity index (χ0v) is 25.5. The molecule has 0 spiro atoms. The van der Waals surface area contributed by atoms with Crippen LogP contribution in [0, 0.1) is 0 Å². The number of thioether (sulfide) groups is 1. The van der Waals surface area contributed by atoms with Crippen LogP contribution in [0.25, 0.3) is 31.9 Å². The molecule has 48 heavy (non-hydrogen) atoms. The molecule has 1 aliphatic heterocycles. The number of benzene rings is 3. The van der Waals surface area contributed by atoms with Crippen molar-refractivity contribution in [2.24, 2.45) is 10.2 Å². The lowest BCUT2D eigenvalue weighted by Gasteiger charge is -2.26. The predicted octanol–water partition coefficient (Wildman–Crippen LogP) is 7.24. The number of carbonyl (C=O) groups is 3. The van der Waals surface area contributed by atoms with Gasteiger partial charge in [0, 0.05) is 21.4 Å². The Bertz CT molecular complexity index is 2070. The maximum absolute atomic E-state index is 13.5. The third-order valence-electron chi connectivity index (χ3n) is 7.27. The number of hydrogen-bond donors (Lipinski definition) is 0. The van der Waals surface area contributed by atoms with Crippen molar-refractivity contribution >= 4 is 52.5 Å². The summed E-state index contributed by atoms with van der Waals surface area (Å²) in [6, 6.07) is 26.6. The Hall–Kier alpha value is -6.34. The van der Waals surface area contributed by atoms with Crippen molar-refractivity contribution in [3.05, 3.63) is 141 Å². The van der Waals surface area contributed by atoms with Crippen LogP contribution in [-0.2, 0) is 14.2 Å². The molecule has 0 bridgehead atoms. The molecule has 0 aliphatic carbocycles. The van der Waals surface area contributed by atoms with Crippen molar-refractivity contribution < 1.29 is 28.6 Å². The van der Waals surface area contributed by atoms with Crippen LogP contribution in [0.5, 0.6) is 0 Å². The van der Waals surface area contributed by atoms with Crippen molar-refractivity contribution in [3.8, 4) is 0 Å². The number of aromatic nitrogens is 3. The summed E-state index contributed by atoms with van der Waals surface area (Å²) in [6.07, 6.45) is -0.686. The van der Waals surface area contributed by atoms with Gasteiger partial charge in [0.2, 0.25) is 5.95 Å². The third kappa shape index (κ3) is 6.76. The molecule has 2 aromatic heterocycles. The Labute approximate surface area is 275 Å². The molecule has 16 heteroatoms. The number of carbonyl (C=O) groups excluding carboxylic acids is 3. The van der Waals surface area contributed by atoms with E-state index in [1.165, 1.54) is 11.8 Å². The summed E-state index contributed by atoms with van der Waals surface area (Å²) in [4.78, 5) is 53.8. The van der Waals surface area contributed by atoms with Gasteiger partial charge in [0.25, 0.3) is 0 Å². The molecule has 3 heterocycles. The molecule has 6 rings (SSSR count). The Morgan fingerprint density at radius 3 is 1.83 bits per heavy atom. The van der Waals surface area contributed by atoms with E-state index in [0.717, 1.165) is 0 Å². The van der Waals surface area contributed by atoms with Gasteiger partial charge in [-0.3, -0.25) is 0 Å². The summed E-state index contributed by atoms with van der Waals surface area (Å²) in [5.41, 5.74) is 19.2. The van der Waals surface area contributed by atoms with E-state index in [-0.39, 0.29) is 35.1 Å². The fourth-order valence-corrected chi connectivity index (χ4v) is 6.63. The second-order valence-electron chi connectivity index (χ2n) is 10.2. The summed E-state index contributed by atoms with van der Waals surface area (Å²) in [5, 5.41) is 5.84. The van der Waals surface area contributed by atoms with Crippen LogP contribution >= 0.6 is 11.8 Å². The normalized spacial score (nSPS) is 18.2. The van der Waals surface area contributed by atoms with E-state index in [1.807, 2.05) is 0 Å². The summed E-state index contributed by atoms with van der Waals surface area (Å²) in [5.74, 6) is -2.37. The minimum Gasteiger partial charge on any atom is -0.461 e. The lowest BCUT2D eigenvalue weighted by atomic mass is 10.1. The Balaban J connectivity index is 1.43. The van der Waals surface area contributed by atoms with Crippen molar-refractivity contribution in [2.45, 2.75) is 22.8 Å². The predicted molar refractivity (Wildman–Crippen MR) is 174 cm³/mol. The second-order valence-corrected chi connectivity index (χ2v) is 11.5. The van der Waals surface area contributed by atoms with Crippen LogP contribution < -0.4 is 0 Å². The van der Waals surface area contributed by atoms with Crippen LogP contribution in [0.3, 0.4) is 0 Å². The van der Waals surface area contributed by atoms with Crippen molar-refractivity contribution in [3.63, 3.8) is 0 Å². The number of rotatable bonds is 10. The maximum Gasteiger partial charge on any atom is 0.338 e. The quantitative estimate of drug-likeness (QED) is 0.0485. The second kappa shape index (κ2) is 14.4. The first-order valence-electron chi connectivity index (χ1n) is 14.4. The molecule has 1 fully saturated rings. The number of hydrogen-bond acceptors (Lipinski definition) is 11. The molecular formula is C32H23N9O6S. The highest BCUT2D eigenvalue weighted by atomic mass is 32.2. The lowest BCUT2D eigenvalue weighted by molar-refractivity contribution is -0.0406. The van der Waals surface area contributed by atoms with Gasteiger partial charge in [-0.05, 0) is 63.8 Å². The van der Waals surface area contributed by atoms with Gasteiger partial charge in [-0.2, -0.15) is 0 Å². The molecule has 1 unspecified atom stereocenters. The Morgan fingerprint density at radius 2 is 1.27 bits per heavy atom. The number of ether oxygens (including phenoxy) is 3. The van der Waals surface area contributed by atoms with Crippen LogP contribution in [-0.4, -0.2) is 56.5 Å². The average Bonchev–Trinajstić information content (AvgIpc) is 3.69. The molecule has 1 aliphatic rings. The highest BCUT2D eigenvalue weighted by Gasteiger charge is 2.51. The highest BCUT2D eigenvalue weighted by Crippen LogP contribution is 2.47. The maximum atomic E-state index is 13.5. The molecule has 15 nitrogen and oxygen atoms in total. The molecule has 4 atom stereocenters. The van der Waals surface area contributed by atoms with E-state index >= 15 is 0 Å². The molecule has 0 radical (unpaired) electrons. The first-order chi connectivity index (χ1) is 23.5. The molecule has 1 saturated heterocycles. The van der Waals surface area contributed by atoms with Gasteiger partial charge >= 0.3 is 17.9 Å². The summed E-state index contributed by atoms with van der Waals surface area (Å²) < 4.78 is 19.5. The largest absolute Gasteiger partial charge is 0.461 e. The van der Waals surface area contributed by atoms with Gasteiger partial charge in [0.05, 0.1) is 21.9 Å². The Morgan fingerprint density at radius 1 is 0.729 bits per heavy atom. The van der Waals surface area contributed by atoms with E-state index in [9.17, 15) is 14.4 Å². The number of esters is 3. The topological polar surface area (TPSA) is 207 Å². The van der Waals surface area contributed by atoms with Gasteiger partial charge < -0.3 is 18.8 Å². The van der Waals surface area contributed by atoms with Gasteiger partial charge in [0.15, 0.2) is 12.2 Å². The third-order valence-corrected chi connectivity index (χ3v) is 8.79. The highest BCUT2D eigenvalue weighted by molar-refractivity contribution is 8.00. The number of nitrogens with zero attached hydrogens (tertiary/aromatic N) is 9. The molecule has 3 aromatic carbocycles. The first kappa shape index (κ1) is 31.6. The van der Waals surface area contributed by atoms with E-state index in [1.54, 1.807) is 108 Å². The summed E-state index contributed by atoms with van der Waals surface area (Å²) >= 11 is 1.21. The van der Waals surface area contributed by atoms with Gasteiger partial charge in [0.1, 0.15) is 23.4 Å². The van der Waals surface area contributed by atoms with E-state index in [2.05, 4.69) is 30.0 Å². The van der Waals surface area contributed by atoms with E-state index < -0.39 is 40.7 Å². The zero-order valence-electron chi connectivity index (χ0n) is 24.7. The summed E-state index contributed by atoms with van der Waals surface area (Å²) in [6.45, 7) is -0.219. The standard InChI is InChI=1S/C32H23N9O6S/c33-39-37-26-22-16-17-41(27(22)36-32(35-26)38-40-34)28-25(47-31(44)21-14-8-3-9-15-21)24(46-30(43)20-12-6-2-7-13-20)23(48-28)18-45-29(42)19-10-4-1-5-11-19/h1-17,23-25,28H,18H2/t23-,24-,25-,28?/m1/s1. The van der Waals surface area contributed by atoms with Crippen LogP contribution in [0.2, 0.25) is 0 Å². The van der Waals surface area contributed by atoms with Crippen LogP contribution in [0.15, 0.2) is 113 Å². The van der Waals surface area contributed by atoms with E-state index in [0.29, 0.717) is 10.9 Å². The minimum atomic E-state index is -1.16. The molecule has 0 N–H and O–H groups in total. The Kier molecular flexibility index (Phi) is 9.49. The molecular weight excluding hydrogens is 638 g/mol. The molecule has 0 saturated carbocycles. The fourth-order valence-electron chi connectivity index (χ4n) is 5.10. The SMILES string of the molecule is [N-]=[N+]=Nc1nc(N=[N+]=[N-])c2ccn(C3S[C@H](COC(=O)c4ccccc4)[C@@H](OC(=O)c4ccccc4)[C@H]3OC(=O)c3ccccc3)c2n1. The zero-order chi connectivity index (χ0) is 33.5. The lowest BCUT2D eigenvalue weighted by Crippen LogP contribution is -2.41. The van der Waals surface area contributed by atoms with E-state index in [4.69, 9.17) is 25.3 Å². The van der Waals surface area contributed by atoms with Gasteiger partial charge in [-0.1, -0.05) is 54.6 Å².